The molecule has 0 heterocycles. The van der Waals surface area contributed by atoms with E-state index in [0.717, 1.165) is 22.4 Å². The van der Waals surface area contributed by atoms with Gasteiger partial charge in [-0.2, -0.15) is 5.10 Å². The van der Waals surface area contributed by atoms with Crippen molar-refractivity contribution in [3.8, 4) is 11.5 Å². The number of aryl methyl sites for hydroxylation is 3. The highest BCUT2D eigenvalue weighted by Gasteiger charge is 2.11. The Hall–Kier alpha value is -4.13. The summed E-state index contributed by atoms with van der Waals surface area (Å²) >= 11 is 0. The molecular formula is C27H29N3O4. The minimum absolute atomic E-state index is 0.159. The second-order valence-corrected chi connectivity index (χ2v) is 7.86. The van der Waals surface area contributed by atoms with Crippen molar-refractivity contribution in [2.45, 2.75) is 27.7 Å². The number of hydrogen-bond acceptors (Lipinski definition) is 5. The van der Waals surface area contributed by atoms with Crippen LogP contribution in [0.1, 0.15) is 39.5 Å². The second-order valence-electron chi connectivity index (χ2n) is 7.86. The Morgan fingerprint density at radius 1 is 0.882 bits per heavy atom. The second kappa shape index (κ2) is 11.7. The molecule has 0 spiro atoms. The number of benzene rings is 3. The van der Waals surface area contributed by atoms with Gasteiger partial charge in [-0.15, -0.1) is 0 Å². The van der Waals surface area contributed by atoms with Crippen molar-refractivity contribution < 1.29 is 19.1 Å². The van der Waals surface area contributed by atoms with Crippen LogP contribution in [0.5, 0.6) is 11.5 Å². The normalized spacial score (nSPS) is 10.7. The molecule has 176 valence electrons. The van der Waals surface area contributed by atoms with Crippen LogP contribution in [0.2, 0.25) is 0 Å². The van der Waals surface area contributed by atoms with Crippen LogP contribution in [0.4, 0.5) is 5.69 Å². The quantitative estimate of drug-likeness (QED) is 0.356. The number of hydrazone groups is 1. The lowest BCUT2D eigenvalue weighted by Gasteiger charge is -2.13. The molecule has 7 nitrogen and oxygen atoms in total. The Bertz CT molecular complexity index is 1190. The van der Waals surface area contributed by atoms with Crippen molar-refractivity contribution >= 4 is 23.7 Å². The number of rotatable bonds is 9. The summed E-state index contributed by atoms with van der Waals surface area (Å²) in [7, 11) is 0. The molecule has 2 N–H and O–H groups in total. The molecule has 0 unspecified atom stereocenters. The van der Waals surface area contributed by atoms with Gasteiger partial charge in [-0.25, -0.2) is 5.43 Å². The first-order chi connectivity index (χ1) is 16.4. The third-order valence-electron chi connectivity index (χ3n) is 4.99. The molecule has 0 saturated carbocycles. The van der Waals surface area contributed by atoms with E-state index in [9.17, 15) is 9.59 Å². The molecule has 0 aliphatic carbocycles. The lowest BCUT2D eigenvalue weighted by molar-refractivity contribution is -0.118. The Morgan fingerprint density at radius 2 is 1.62 bits per heavy atom. The number of anilines is 1. The molecule has 2 amide bonds. The van der Waals surface area contributed by atoms with E-state index in [4.69, 9.17) is 9.47 Å². The maximum Gasteiger partial charge on any atom is 0.271 e. The number of amides is 2. The van der Waals surface area contributed by atoms with Gasteiger partial charge in [0, 0.05) is 11.3 Å². The monoisotopic (exact) mass is 459 g/mol. The number of nitrogens with one attached hydrogen (secondary N) is 2. The first-order valence-corrected chi connectivity index (χ1v) is 11.0. The van der Waals surface area contributed by atoms with E-state index >= 15 is 0 Å². The van der Waals surface area contributed by atoms with Crippen molar-refractivity contribution in [3.63, 3.8) is 0 Å². The molecule has 0 aliphatic heterocycles. The predicted molar refractivity (Wildman–Crippen MR) is 134 cm³/mol. The average Bonchev–Trinajstić information content (AvgIpc) is 2.81. The summed E-state index contributed by atoms with van der Waals surface area (Å²) in [6.07, 6.45) is 1.52. The van der Waals surface area contributed by atoms with Gasteiger partial charge in [-0.05, 0) is 80.8 Å². The number of ether oxygens (including phenoxy) is 2. The maximum absolute atomic E-state index is 12.4. The van der Waals surface area contributed by atoms with Crippen LogP contribution < -0.4 is 20.2 Å². The van der Waals surface area contributed by atoms with Crippen LogP contribution in [-0.2, 0) is 4.79 Å². The van der Waals surface area contributed by atoms with Gasteiger partial charge in [0.2, 0.25) is 0 Å². The molecule has 3 aromatic rings. The highest BCUT2D eigenvalue weighted by molar-refractivity contribution is 5.95. The number of nitrogens with zero attached hydrogens (tertiary/aromatic N) is 1. The van der Waals surface area contributed by atoms with Crippen LogP contribution in [-0.4, -0.2) is 31.2 Å². The van der Waals surface area contributed by atoms with E-state index in [0.29, 0.717) is 29.2 Å². The summed E-state index contributed by atoms with van der Waals surface area (Å²) in [6.45, 7) is 7.99. The third-order valence-corrected chi connectivity index (χ3v) is 4.99. The first kappa shape index (κ1) is 24.5. The van der Waals surface area contributed by atoms with Crippen LogP contribution in [0.3, 0.4) is 0 Å². The van der Waals surface area contributed by atoms with E-state index in [1.807, 2.05) is 58.0 Å². The lowest BCUT2D eigenvalue weighted by atomic mass is 10.1. The van der Waals surface area contributed by atoms with E-state index in [-0.39, 0.29) is 18.4 Å². The van der Waals surface area contributed by atoms with Gasteiger partial charge in [-0.3, -0.25) is 9.59 Å². The van der Waals surface area contributed by atoms with Crippen LogP contribution in [0.15, 0.2) is 65.8 Å². The van der Waals surface area contributed by atoms with Crippen molar-refractivity contribution in [1.82, 2.24) is 5.43 Å². The molecule has 0 radical (unpaired) electrons. The van der Waals surface area contributed by atoms with Crippen molar-refractivity contribution in [2.75, 3.05) is 18.5 Å². The topological polar surface area (TPSA) is 89.0 Å². The smallest absolute Gasteiger partial charge is 0.271 e. The number of hydrogen-bond donors (Lipinski definition) is 2. The Kier molecular flexibility index (Phi) is 8.40. The van der Waals surface area contributed by atoms with E-state index < -0.39 is 0 Å². The maximum atomic E-state index is 12.4. The van der Waals surface area contributed by atoms with Crippen molar-refractivity contribution in [1.29, 1.82) is 0 Å². The van der Waals surface area contributed by atoms with E-state index in [1.165, 1.54) is 6.21 Å². The summed E-state index contributed by atoms with van der Waals surface area (Å²) < 4.78 is 11.4. The minimum Gasteiger partial charge on any atom is -0.490 e. The molecule has 34 heavy (non-hydrogen) atoms. The Morgan fingerprint density at radius 3 is 2.35 bits per heavy atom. The van der Waals surface area contributed by atoms with Gasteiger partial charge in [0.05, 0.1) is 12.8 Å². The summed E-state index contributed by atoms with van der Waals surface area (Å²) in [5.41, 5.74) is 7.63. The molecule has 7 heteroatoms. The van der Waals surface area contributed by atoms with Crippen LogP contribution >= 0.6 is 0 Å². The molecule has 0 aliphatic rings. The van der Waals surface area contributed by atoms with Gasteiger partial charge >= 0.3 is 0 Å². The first-order valence-electron chi connectivity index (χ1n) is 11.0. The minimum atomic E-state index is -0.295. The molecular weight excluding hydrogens is 430 g/mol. The average molecular weight is 460 g/mol. The lowest BCUT2D eigenvalue weighted by Crippen LogP contribution is -2.21. The Balaban J connectivity index is 1.61. The fourth-order valence-corrected chi connectivity index (χ4v) is 3.13. The summed E-state index contributed by atoms with van der Waals surface area (Å²) in [4.78, 5) is 24.6. The number of carbonyl (C=O) groups is 2. The summed E-state index contributed by atoms with van der Waals surface area (Å²) in [5, 5.41) is 6.90. The van der Waals surface area contributed by atoms with E-state index in [2.05, 4.69) is 15.8 Å². The fourth-order valence-electron chi connectivity index (χ4n) is 3.13. The summed E-state index contributed by atoms with van der Waals surface area (Å²) in [6, 6.07) is 18.3. The zero-order valence-electron chi connectivity index (χ0n) is 19.8. The zero-order valence-corrected chi connectivity index (χ0v) is 19.8. The van der Waals surface area contributed by atoms with Gasteiger partial charge in [-0.1, -0.05) is 29.8 Å². The van der Waals surface area contributed by atoms with Crippen LogP contribution in [0.25, 0.3) is 0 Å². The molecule has 0 bridgehead atoms. The highest BCUT2D eigenvalue weighted by Crippen LogP contribution is 2.28. The molecule has 0 saturated heterocycles. The molecule has 0 atom stereocenters. The zero-order chi connectivity index (χ0) is 24.5. The molecule has 3 rings (SSSR count). The summed E-state index contributed by atoms with van der Waals surface area (Å²) in [5.74, 6) is 0.367. The Labute approximate surface area is 199 Å². The van der Waals surface area contributed by atoms with Crippen molar-refractivity contribution in [3.05, 3.63) is 88.5 Å². The largest absolute Gasteiger partial charge is 0.490 e. The van der Waals surface area contributed by atoms with E-state index in [1.54, 1.807) is 30.3 Å². The van der Waals surface area contributed by atoms with Gasteiger partial charge in [0.15, 0.2) is 18.1 Å². The van der Waals surface area contributed by atoms with Gasteiger partial charge in [0.25, 0.3) is 11.8 Å². The SMILES string of the molecule is CCOc1cc(/C=N/NC(=O)c2ccc(C)cc2)ccc1OCC(=O)Nc1cc(C)ccc1C. The fraction of sp³-hybridized carbons (Fsp3) is 0.222. The standard InChI is InChI=1S/C27H29N3O4/c1-5-33-25-15-21(16-28-30-27(32)22-11-7-18(2)8-12-22)10-13-24(25)34-17-26(31)29-23-14-19(3)6-9-20(23)4/h6-16H,5,17H2,1-4H3,(H,29,31)(H,30,32)/b28-16+. The van der Waals surface area contributed by atoms with Crippen LogP contribution in [0, 0.1) is 20.8 Å². The highest BCUT2D eigenvalue weighted by atomic mass is 16.5. The molecule has 0 aromatic heterocycles. The predicted octanol–water partition coefficient (Wildman–Crippen LogP) is 4.79. The van der Waals surface area contributed by atoms with Gasteiger partial charge in [0.1, 0.15) is 0 Å². The number of carbonyl (C=O) groups excluding carboxylic acids is 2. The van der Waals surface area contributed by atoms with Crippen molar-refractivity contribution in [2.24, 2.45) is 5.10 Å². The molecule has 0 fully saturated rings. The third kappa shape index (κ3) is 6.93. The molecule has 3 aromatic carbocycles. The van der Waals surface area contributed by atoms with Gasteiger partial charge < -0.3 is 14.8 Å².